The Kier molecular flexibility index (Phi) is 5.65. The Hall–Kier alpha value is -2.70. The van der Waals surface area contributed by atoms with Crippen LogP contribution in [-0.4, -0.2) is 31.9 Å². The molecule has 0 unspecified atom stereocenters. The molecule has 152 valence electrons. The monoisotopic (exact) mass is 397 g/mol. The predicted octanol–water partition coefficient (Wildman–Crippen LogP) is 3.94. The fourth-order valence-electron chi connectivity index (χ4n) is 3.87. The highest BCUT2D eigenvalue weighted by atomic mass is 19.1. The van der Waals surface area contributed by atoms with Crippen LogP contribution in [0.4, 0.5) is 4.39 Å². The summed E-state index contributed by atoms with van der Waals surface area (Å²) in [5.74, 6) is 0.156. The summed E-state index contributed by atoms with van der Waals surface area (Å²) < 4.78 is 31.3. The molecule has 0 aliphatic carbocycles. The normalized spacial score (nSPS) is 16.1. The van der Waals surface area contributed by atoms with Crippen molar-refractivity contribution in [1.29, 1.82) is 0 Å². The van der Waals surface area contributed by atoms with Crippen LogP contribution in [0.3, 0.4) is 0 Å². The van der Waals surface area contributed by atoms with Crippen LogP contribution in [0.15, 0.2) is 53.3 Å². The van der Waals surface area contributed by atoms with Gasteiger partial charge in [0.15, 0.2) is 0 Å². The summed E-state index contributed by atoms with van der Waals surface area (Å²) in [6.45, 7) is 1.60. The van der Waals surface area contributed by atoms with Gasteiger partial charge in [0.1, 0.15) is 11.6 Å². The first-order valence-electron chi connectivity index (χ1n) is 9.77. The van der Waals surface area contributed by atoms with Crippen LogP contribution in [0.5, 0.6) is 5.75 Å². The fourth-order valence-corrected chi connectivity index (χ4v) is 3.87. The maximum absolute atomic E-state index is 14.3. The summed E-state index contributed by atoms with van der Waals surface area (Å²) >= 11 is 0. The minimum Gasteiger partial charge on any atom is -0.493 e. The molecule has 1 aliphatic heterocycles. The van der Waals surface area contributed by atoms with Gasteiger partial charge in [-0.05, 0) is 46.8 Å². The van der Waals surface area contributed by atoms with E-state index in [1.807, 2.05) is 24.3 Å². The van der Waals surface area contributed by atoms with Gasteiger partial charge in [-0.25, -0.2) is 4.39 Å². The van der Waals surface area contributed by atoms with E-state index in [1.54, 1.807) is 13.2 Å². The standard InChI is InChI=1S/C23H24FNO4/c1-27-23(7-10-28-11-8-23)18-13-19(24)15-20(14-18)29-9-6-16-2-4-21-17(12-16)3-5-22(26)25-21/h2-5,12-15H,6-11H2,1H3,(H,25,26). The van der Waals surface area contributed by atoms with Crippen molar-refractivity contribution in [2.24, 2.45) is 0 Å². The molecule has 29 heavy (non-hydrogen) atoms. The molecule has 1 aromatic heterocycles. The lowest BCUT2D eigenvalue weighted by Gasteiger charge is -2.36. The van der Waals surface area contributed by atoms with E-state index in [-0.39, 0.29) is 11.4 Å². The summed E-state index contributed by atoms with van der Waals surface area (Å²) in [5.41, 5.74) is 2.02. The molecule has 2 aromatic carbocycles. The molecule has 1 fully saturated rings. The van der Waals surface area contributed by atoms with Crippen molar-refractivity contribution in [2.45, 2.75) is 24.9 Å². The van der Waals surface area contributed by atoms with E-state index in [1.165, 1.54) is 18.2 Å². The Labute approximate surface area is 168 Å². The van der Waals surface area contributed by atoms with Crippen LogP contribution < -0.4 is 10.3 Å². The van der Waals surface area contributed by atoms with Crippen LogP contribution in [0.25, 0.3) is 10.9 Å². The van der Waals surface area contributed by atoms with Crippen molar-refractivity contribution >= 4 is 10.9 Å². The molecule has 0 bridgehead atoms. The Morgan fingerprint density at radius 3 is 2.72 bits per heavy atom. The average molecular weight is 397 g/mol. The second kappa shape index (κ2) is 8.35. The Morgan fingerprint density at radius 2 is 1.93 bits per heavy atom. The lowest BCUT2D eigenvalue weighted by Crippen LogP contribution is -2.35. The van der Waals surface area contributed by atoms with Gasteiger partial charge < -0.3 is 19.2 Å². The zero-order valence-corrected chi connectivity index (χ0v) is 16.4. The van der Waals surface area contributed by atoms with E-state index in [0.717, 1.165) is 22.0 Å². The number of hydrogen-bond donors (Lipinski definition) is 1. The van der Waals surface area contributed by atoms with E-state index in [9.17, 15) is 9.18 Å². The average Bonchev–Trinajstić information content (AvgIpc) is 2.74. The minimum absolute atomic E-state index is 0.117. The summed E-state index contributed by atoms with van der Waals surface area (Å²) in [4.78, 5) is 14.2. The smallest absolute Gasteiger partial charge is 0.248 e. The van der Waals surface area contributed by atoms with E-state index < -0.39 is 5.60 Å². The molecular weight excluding hydrogens is 373 g/mol. The molecule has 4 rings (SSSR count). The van der Waals surface area contributed by atoms with Crippen molar-refractivity contribution in [1.82, 2.24) is 4.98 Å². The Bertz CT molecular complexity index is 1060. The van der Waals surface area contributed by atoms with Gasteiger partial charge >= 0.3 is 0 Å². The number of halogens is 1. The number of aromatic amines is 1. The number of methoxy groups -OCH3 is 1. The number of nitrogens with one attached hydrogen (secondary N) is 1. The number of hydrogen-bond acceptors (Lipinski definition) is 4. The van der Waals surface area contributed by atoms with Crippen LogP contribution in [-0.2, 0) is 21.5 Å². The van der Waals surface area contributed by atoms with Gasteiger partial charge in [-0.1, -0.05) is 6.07 Å². The summed E-state index contributed by atoms with van der Waals surface area (Å²) in [6.07, 6.45) is 2.04. The first-order chi connectivity index (χ1) is 14.1. The number of H-pyrrole nitrogens is 1. The Balaban J connectivity index is 1.46. The topological polar surface area (TPSA) is 60.5 Å². The third kappa shape index (κ3) is 4.33. The van der Waals surface area contributed by atoms with Crippen molar-refractivity contribution in [3.8, 4) is 5.75 Å². The maximum Gasteiger partial charge on any atom is 0.248 e. The van der Waals surface area contributed by atoms with Gasteiger partial charge in [-0.3, -0.25) is 4.79 Å². The SMILES string of the molecule is COC1(c2cc(F)cc(OCCc3ccc4[nH]c(=O)ccc4c3)c2)CCOCC1. The molecule has 2 heterocycles. The number of benzene rings is 2. The van der Waals surface area contributed by atoms with Crippen LogP contribution in [0.1, 0.15) is 24.0 Å². The van der Waals surface area contributed by atoms with Gasteiger partial charge in [0.05, 0.1) is 12.2 Å². The lowest BCUT2D eigenvalue weighted by atomic mass is 9.86. The highest BCUT2D eigenvalue weighted by molar-refractivity contribution is 5.78. The van der Waals surface area contributed by atoms with Gasteiger partial charge in [0, 0.05) is 57.2 Å². The molecule has 6 heteroatoms. The van der Waals surface area contributed by atoms with Gasteiger partial charge in [0.2, 0.25) is 5.56 Å². The molecule has 1 aliphatic rings. The quantitative estimate of drug-likeness (QED) is 0.684. The fraction of sp³-hybridized carbons (Fsp3) is 0.348. The zero-order valence-electron chi connectivity index (χ0n) is 16.4. The largest absolute Gasteiger partial charge is 0.493 e. The molecule has 0 radical (unpaired) electrons. The van der Waals surface area contributed by atoms with Crippen LogP contribution in [0.2, 0.25) is 0 Å². The van der Waals surface area contributed by atoms with Crippen molar-refractivity contribution in [3.05, 3.63) is 75.8 Å². The van der Waals surface area contributed by atoms with Crippen molar-refractivity contribution < 1.29 is 18.6 Å². The van der Waals surface area contributed by atoms with E-state index in [4.69, 9.17) is 14.2 Å². The first-order valence-corrected chi connectivity index (χ1v) is 9.77. The number of fused-ring (bicyclic) bond motifs is 1. The molecule has 0 spiro atoms. The second-order valence-electron chi connectivity index (χ2n) is 7.33. The van der Waals surface area contributed by atoms with Gasteiger partial charge in [-0.2, -0.15) is 0 Å². The highest BCUT2D eigenvalue weighted by Gasteiger charge is 2.35. The predicted molar refractivity (Wildman–Crippen MR) is 109 cm³/mol. The third-order valence-corrected chi connectivity index (χ3v) is 5.54. The number of rotatable bonds is 6. The van der Waals surface area contributed by atoms with Gasteiger partial charge in [0.25, 0.3) is 0 Å². The first kappa shape index (κ1) is 19.6. The van der Waals surface area contributed by atoms with Gasteiger partial charge in [-0.15, -0.1) is 0 Å². The number of ether oxygens (including phenoxy) is 3. The molecular formula is C23H24FNO4. The molecule has 0 amide bonds. The maximum atomic E-state index is 14.3. The van der Waals surface area contributed by atoms with Crippen LogP contribution in [0, 0.1) is 5.82 Å². The van der Waals surface area contributed by atoms with Crippen molar-refractivity contribution in [2.75, 3.05) is 26.9 Å². The summed E-state index contributed by atoms with van der Waals surface area (Å²) in [6, 6.07) is 14.0. The number of aromatic nitrogens is 1. The third-order valence-electron chi connectivity index (χ3n) is 5.54. The molecule has 3 aromatic rings. The van der Waals surface area contributed by atoms with E-state index in [0.29, 0.717) is 44.8 Å². The lowest BCUT2D eigenvalue weighted by molar-refractivity contribution is -0.0950. The molecule has 5 nitrogen and oxygen atoms in total. The number of pyridine rings is 1. The molecule has 1 N–H and O–H groups in total. The van der Waals surface area contributed by atoms with Crippen molar-refractivity contribution in [3.63, 3.8) is 0 Å². The van der Waals surface area contributed by atoms with Crippen LogP contribution >= 0.6 is 0 Å². The summed E-state index contributed by atoms with van der Waals surface area (Å²) in [7, 11) is 1.66. The minimum atomic E-state index is -0.534. The highest BCUT2D eigenvalue weighted by Crippen LogP contribution is 2.37. The Morgan fingerprint density at radius 1 is 1.10 bits per heavy atom. The summed E-state index contributed by atoms with van der Waals surface area (Å²) in [5, 5.41) is 0.969. The zero-order chi connectivity index (χ0) is 20.3. The molecule has 1 saturated heterocycles. The second-order valence-corrected chi connectivity index (χ2v) is 7.33. The van der Waals surface area contributed by atoms with E-state index >= 15 is 0 Å². The van der Waals surface area contributed by atoms with E-state index in [2.05, 4.69) is 4.98 Å². The molecule has 0 saturated carbocycles. The molecule has 0 atom stereocenters.